The fraction of sp³-hybridized carbons (Fsp3) is 0.588. The lowest BCUT2D eigenvalue weighted by molar-refractivity contribution is 0.0530. The average Bonchev–Trinajstić information content (AvgIpc) is 2.48. The SMILES string of the molecule is CCCCCCOC(=O)OCCCCc1ccccc1. The number of aryl methyl sites for hydroxylation is 1. The van der Waals surface area contributed by atoms with Crippen molar-refractivity contribution < 1.29 is 14.3 Å². The summed E-state index contributed by atoms with van der Waals surface area (Å²) >= 11 is 0. The molecule has 0 radical (unpaired) electrons. The smallest absolute Gasteiger partial charge is 0.434 e. The molecule has 0 fully saturated rings. The third-order valence-corrected chi connectivity index (χ3v) is 3.14. The molecule has 1 aromatic rings. The second kappa shape index (κ2) is 11.3. The summed E-state index contributed by atoms with van der Waals surface area (Å²) in [5, 5.41) is 0. The van der Waals surface area contributed by atoms with Gasteiger partial charge in [0.1, 0.15) is 0 Å². The topological polar surface area (TPSA) is 35.5 Å². The zero-order chi connectivity index (χ0) is 14.5. The van der Waals surface area contributed by atoms with Crippen LogP contribution in [0.15, 0.2) is 30.3 Å². The Bertz CT molecular complexity index is 349. The monoisotopic (exact) mass is 278 g/mol. The van der Waals surface area contributed by atoms with Crippen LogP contribution in [-0.4, -0.2) is 19.4 Å². The molecule has 0 unspecified atom stereocenters. The van der Waals surface area contributed by atoms with Crippen LogP contribution in [0.1, 0.15) is 51.0 Å². The third kappa shape index (κ3) is 8.57. The summed E-state index contributed by atoms with van der Waals surface area (Å²) < 4.78 is 10.0. The first-order valence-electron chi connectivity index (χ1n) is 7.66. The van der Waals surface area contributed by atoms with Crippen molar-refractivity contribution in [2.45, 2.75) is 51.9 Å². The Hall–Kier alpha value is -1.51. The third-order valence-electron chi connectivity index (χ3n) is 3.14. The molecule has 0 aliphatic rings. The van der Waals surface area contributed by atoms with E-state index in [-0.39, 0.29) is 0 Å². The van der Waals surface area contributed by atoms with Crippen molar-refractivity contribution >= 4 is 6.16 Å². The van der Waals surface area contributed by atoms with Gasteiger partial charge in [-0.3, -0.25) is 0 Å². The van der Waals surface area contributed by atoms with Crippen LogP contribution in [0.3, 0.4) is 0 Å². The van der Waals surface area contributed by atoms with Crippen LogP contribution in [0.25, 0.3) is 0 Å². The quantitative estimate of drug-likeness (QED) is 0.458. The maximum Gasteiger partial charge on any atom is 0.508 e. The summed E-state index contributed by atoms with van der Waals surface area (Å²) in [5.74, 6) is 0. The predicted octanol–water partition coefficient (Wildman–Crippen LogP) is 4.74. The number of unbranched alkanes of at least 4 members (excludes halogenated alkanes) is 4. The molecule has 112 valence electrons. The predicted molar refractivity (Wildman–Crippen MR) is 80.8 cm³/mol. The Kier molecular flexibility index (Phi) is 9.37. The van der Waals surface area contributed by atoms with Gasteiger partial charge in [0.15, 0.2) is 0 Å². The van der Waals surface area contributed by atoms with Gasteiger partial charge in [0.25, 0.3) is 0 Å². The van der Waals surface area contributed by atoms with Gasteiger partial charge in [-0.1, -0.05) is 56.5 Å². The molecule has 0 amide bonds. The van der Waals surface area contributed by atoms with E-state index in [4.69, 9.17) is 9.47 Å². The number of hydrogen-bond acceptors (Lipinski definition) is 3. The van der Waals surface area contributed by atoms with Crippen LogP contribution in [0, 0.1) is 0 Å². The number of benzene rings is 1. The molecule has 0 aliphatic carbocycles. The van der Waals surface area contributed by atoms with Crippen molar-refractivity contribution in [3.05, 3.63) is 35.9 Å². The number of carbonyl (C=O) groups is 1. The Morgan fingerprint density at radius 3 is 2.20 bits per heavy atom. The number of carbonyl (C=O) groups excluding carboxylic acids is 1. The van der Waals surface area contributed by atoms with Gasteiger partial charge in [0.2, 0.25) is 0 Å². The second-order valence-electron chi connectivity index (χ2n) is 4.95. The fourth-order valence-corrected chi connectivity index (χ4v) is 1.96. The normalized spacial score (nSPS) is 10.2. The molecule has 0 saturated carbocycles. The number of rotatable bonds is 10. The van der Waals surface area contributed by atoms with E-state index in [9.17, 15) is 4.79 Å². The van der Waals surface area contributed by atoms with E-state index < -0.39 is 6.16 Å². The first kappa shape index (κ1) is 16.5. The zero-order valence-electron chi connectivity index (χ0n) is 12.5. The highest BCUT2D eigenvalue weighted by Crippen LogP contribution is 2.05. The molecular weight excluding hydrogens is 252 g/mol. The maximum absolute atomic E-state index is 11.3. The Balaban J connectivity index is 1.91. The molecule has 0 aliphatic heterocycles. The van der Waals surface area contributed by atoms with Crippen molar-refractivity contribution in [3.63, 3.8) is 0 Å². The molecule has 1 rings (SSSR count). The van der Waals surface area contributed by atoms with E-state index in [1.165, 1.54) is 18.4 Å². The molecular formula is C17H26O3. The van der Waals surface area contributed by atoms with Crippen LogP contribution in [0.5, 0.6) is 0 Å². The Morgan fingerprint density at radius 1 is 0.900 bits per heavy atom. The van der Waals surface area contributed by atoms with Crippen molar-refractivity contribution in [1.82, 2.24) is 0 Å². The molecule has 1 aromatic carbocycles. The minimum Gasteiger partial charge on any atom is -0.434 e. The molecule has 0 atom stereocenters. The van der Waals surface area contributed by atoms with Gasteiger partial charge in [0, 0.05) is 0 Å². The van der Waals surface area contributed by atoms with Gasteiger partial charge in [-0.2, -0.15) is 0 Å². The lowest BCUT2D eigenvalue weighted by atomic mass is 10.1. The standard InChI is InChI=1S/C17H26O3/c1-2-3-4-9-14-19-17(18)20-15-10-8-13-16-11-6-5-7-12-16/h5-7,11-12H,2-4,8-10,13-15H2,1H3. The molecule has 3 nitrogen and oxygen atoms in total. The van der Waals surface area contributed by atoms with E-state index in [0.29, 0.717) is 13.2 Å². The highest BCUT2D eigenvalue weighted by molar-refractivity contribution is 5.59. The van der Waals surface area contributed by atoms with Gasteiger partial charge in [-0.05, 0) is 31.2 Å². The molecule has 0 aromatic heterocycles. The van der Waals surface area contributed by atoms with Gasteiger partial charge in [-0.15, -0.1) is 0 Å². The van der Waals surface area contributed by atoms with E-state index in [1.54, 1.807) is 0 Å². The van der Waals surface area contributed by atoms with Crippen LogP contribution in [0.2, 0.25) is 0 Å². The summed E-state index contributed by atoms with van der Waals surface area (Å²) in [6, 6.07) is 10.3. The van der Waals surface area contributed by atoms with Crippen LogP contribution in [0.4, 0.5) is 4.79 Å². The van der Waals surface area contributed by atoms with Crippen molar-refractivity contribution in [3.8, 4) is 0 Å². The first-order valence-corrected chi connectivity index (χ1v) is 7.66. The molecule has 20 heavy (non-hydrogen) atoms. The van der Waals surface area contributed by atoms with Gasteiger partial charge < -0.3 is 9.47 Å². The largest absolute Gasteiger partial charge is 0.508 e. The second-order valence-corrected chi connectivity index (χ2v) is 4.95. The summed E-state index contributed by atoms with van der Waals surface area (Å²) in [6.45, 7) is 3.08. The van der Waals surface area contributed by atoms with E-state index in [1.807, 2.05) is 18.2 Å². The van der Waals surface area contributed by atoms with Crippen molar-refractivity contribution in [1.29, 1.82) is 0 Å². The van der Waals surface area contributed by atoms with Crippen molar-refractivity contribution in [2.24, 2.45) is 0 Å². The van der Waals surface area contributed by atoms with Gasteiger partial charge >= 0.3 is 6.16 Å². The fourth-order valence-electron chi connectivity index (χ4n) is 1.96. The van der Waals surface area contributed by atoms with E-state index >= 15 is 0 Å². The summed E-state index contributed by atoms with van der Waals surface area (Å²) in [5.41, 5.74) is 1.33. The summed E-state index contributed by atoms with van der Waals surface area (Å²) in [6.07, 6.45) is 6.81. The lowest BCUT2D eigenvalue weighted by Crippen LogP contribution is -2.09. The highest BCUT2D eigenvalue weighted by atomic mass is 16.7. The molecule has 0 spiro atoms. The van der Waals surface area contributed by atoms with Crippen LogP contribution < -0.4 is 0 Å². The lowest BCUT2D eigenvalue weighted by Gasteiger charge is -2.06. The van der Waals surface area contributed by atoms with Gasteiger partial charge in [0.05, 0.1) is 13.2 Å². The Morgan fingerprint density at radius 2 is 1.55 bits per heavy atom. The van der Waals surface area contributed by atoms with Gasteiger partial charge in [-0.25, -0.2) is 4.79 Å². The zero-order valence-corrected chi connectivity index (χ0v) is 12.5. The summed E-state index contributed by atoms with van der Waals surface area (Å²) in [7, 11) is 0. The molecule has 0 N–H and O–H groups in total. The summed E-state index contributed by atoms with van der Waals surface area (Å²) in [4.78, 5) is 11.3. The van der Waals surface area contributed by atoms with E-state index in [0.717, 1.165) is 32.1 Å². The van der Waals surface area contributed by atoms with Crippen LogP contribution in [-0.2, 0) is 15.9 Å². The minimum atomic E-state index is -0.527. The van der Waals surface area contributed by atoms with E-state index in [2.05, 4.69) is 19.1 Å². The first-order chi connectivity index (χ1) is 9.83. The number of ether oxygens (including phenoxy) is 2. The minimum absolute atomic E-state index is 0.445. The molecule has 0 heterocycles. The highest BCUT2D eigenvalue weighted by Gasteiger charge is 2.02. The molecule has 3 heteroatoms. The van der Waals surface area contributed by atoms with Crippen molar-refractivity contribution in [2.75, 3.05) is 13.2 Å². The molecule has 0 bridgehead atoms. The van der Waals surface area contributed by atoms with Crippen LogP contribution >= 0.6 is 0 Å². The average molecular weight is 278 g/mol. The molecule has 0 saturated heterocycles. The maximum atomic E-state index is 11.3. The number of hydrogen-bond donors (Lipinski definition) is 0. The Labute approximate surface area is 122 Å².